The number of benzene rings is 1. The second-order valence-corrected chi connectivity index (χ2v) is 6.50. The third kappa shape index (κ3) is 6.05. The van der Waals surface area contributed by atoms with Crippen LogP contribution < -0.4 is 14.8 Å². The van der Waals surface area contributed by atoms with Crippen LogP contribution in [0.1, 0.15) is 49.9 Å². The van der Waals surface area contributed by atoms with Crippen molar-refractivity contribution in [3.63, 3.8) is 0 Å². The second-order valence-electron chi connectivity index (χ2n) is 6.50. The van der Waals surface area contributed by atoms with E-state index in [1.54, 1.807) is 37.1 Å². The van der Waals surface area contributed by atoms with Crippen molar-refractivity contribution >= 4 is 12.0 Å². The number of hydrogen-bond donors (Lipinski definition) is 1. The molecule has 1 heterocycles. The molecule has 1 fully saturated rings. The van der Waals surface area contributed by atoms with Crippen LogP contribution in [-0.4, -0.2) is 56.4 Å². The number of carbonyl (C=O) groups excluding carboxylic acids is 2. The van der Waals surface area contributed by atoms with Crippen molar-refractivity contribution in [3.8, 4) is 11.5 Å². The summed E-state index contributed by atoms with van der Waals surface area (Å²) in [4.78, 5) is 26.0. The van der Waals surface area contributed by atoms with E-state index >= 15 is 0 Å². The summed E-state index contributed by atoms with van der Waals surface area (Å²) in [6.45, 7) is 6.05. The maximum atomic E-state index is 12.6. The van der Waals surface area contributed by atoms with E-state index in [-0.39, 0.29) is 18.0 Å². The zero-order valence-corrected chi connectivity index (χ0v) is 16.5. The molecule has 1 aromatic rings. The van der Waals surface area contributed by atoms with Gasteiger partial charge in [-0.2, -0.15) is 0 Å². The Labute approximate surface area is 161 Å². The molecule has 27 heavy (non-hydrogen) atoms. The van der Waals surface area contributed by atoms with Gasteiger partial charge in [0.1, 0.15) is 0 Å². The number of methoxy groups -OCH3 is 1. The second kappa shape index (κ2) is 10.6. The molecule has 0 aliphatic carbocycles. The maximum absolute atomic E-state index is 12.6. The Morgan fingerprint density at radius 3 is 2.56 bits per heavy atom. The number of likely N-dealkylation sites (tertiary alicyclic amines) is 1. The fraction of sp³-hybridized carbons (Fsp3) is 0.600. The number of piperidine rings is 1. The van der Waals surface area contributed by atoms with E-state index < -0.39 is 0 Å². The van der Waals surface area contributed by atoms with Crippen LogP contribution in [-0.2, 0) is 4.74 Å². The number of unbranched alkanes of at least 4 members (excludes halogenated alkanes) is 1. The Kier molecular flexibility index (Phi) is 8.23. The van der Waals surface area contributed by atoms with Crippen LogP contribution in [0.4, 0.5) is 4.79 Å². The Balaban J connectivity index is 1.89. The van der Waals surface area contributed by atoms with Gasteiger partial charge in [-0.3, -0.25) is 4.79 Å². The SMILES string of the molecule is CCCCOc1ccc(C(=O)NC2CCN(C(=O)OCC)CC2)cc1OC. The molecule has 2 rings (SSSR count). The first-order chi connectivity index (χ1) is 13.1. The molecule has 0 radical (unpaired) electrons. The standard InChI is InChI=1S/C20H30N2O5/c1-4-6-13-27-17-8-7-15(14-18(17)25-3)19(23)21-16-9-11-22(12-10-16)20(24)26-5-2/h7-8,14,16H,4-6,9-13H2,1-3H3,(H,21,23). The van der Waals surface area contributed by atoms with Gasteiger partial charge >= 0.3 is 6.09 Å². The fourth-order valence-corrected chi connectivity index (χ4v) is 2.94. The minimum absolute atomic E-state index is 0.0367. The molecule has 2 amide bonds. The van der Waals surface area contributed by atoms with Gasteiger partial charge < -0.3 is 24.4 Å². The molecule has 0 bridgehead atoms. The highest BCUT2D eigenvalue weighted by Crippen LogP contribution is 2.28. The van der Waals surface area contributed by atoms with E-state index in [1.807, 2.05) is 0 Å². The van der Waals surface area contributed by atoms with Crippen molar-refractivity contribution in [3.05, 3.63) is 23.8 Å². The van der Waals surface area contributed by atoms with E-state index in [4.69, 9.17) is 14.2 Å². The minimum Gasteiger partial charge on any atom is -0.493 e. The quantitative estimate of drug-likeness (QED) is 0.703. The highest BCUT2D eigenvalue weighted by molar-refractivity contribution is 5.95. The lowest BCUT2D eigenvalue weighted by atomic mass is 10.0. The molecular formula is C20H30N2O5. The van der Waals surface area contributed by atoms with Gasteiger partial charge in [-0.25, -0.2) is 4.79 Å². The van der Waals surface area contributed by atoms with Crippen LogP contribution in [0.25, 0.3) is 0 Å². The number of amides is 2. The summed E-state index contributed by atoms with van der Waals surface area (Å²) in [5.74, 6) is 1.05. The summed E-state index contributed by atoms with van der Waals surface area (Å²) < 4.78 is 16.1. The van der Waals surface area contributed by atoms with Gasteiger partial charge in [0.15, 0.2) is 11.5 Å². The number of carbonyl (C=O) groups is 2. The summed E-state index contributed by atoms with van der Waals surface area (Å²) in [5, 5.41) is 3.04. The summed E-state index contributed by atoms with van der Waals surface area (Å²) in [5.41, 5.74) is 0.530. The van der Waals surface area contributed by atoms with E-state index in [0.717, 1.165) is 12.8 Å². The number of nitrogens with zero attached hydrogens (tertiary/aromatic N) is 1. The van der Waals surface area contributed by atoms with Crippen LogP contribution in [0, 0.1) is 0 Å². The van der Waals surface area contributed by atoms with Crippen LogP contribution in [0.15, 0.2) is 18.2 Å². The van der Waals surface area contributed by atoms with Gasteiger partial charge in [-0.15, -0.1) is 0 Å². The molecule has 150 valence electrons. The van der Waals surface area contributed by atoms with Crippen molar-refractivity contribution in [2.75, 3.05) is 33.4 Å². The highest BCUT2D eigenvalue weighted by Gasteiger charge is 2.25. The van der Waals surface area contributed by atoms with Crippen LogP contribution in [0.3, 0.4) is 0 Å². The van der Waals surface area contributed by atoms with Crippen molar-refractivity contribution < 1.29 is 23.8 Å². The molecule has 1 N–H and O–H groups in total. The lowest BCUT2D eigenvalue weighted by Crippen LogP contribution is -2.46. The molecule has 0 spiro atoms. The summed E-state index contributed by atoms with van der Waals surface area (Å²) in [6.07, 6.45) is 3.15. The number of hydrogen-bond acceptors (Lipinski definition) is 5. The van der Waals surface area contributed by atoms with Gasteiger partial charge in [-0.05, 0) is 44.4 Å². The number of ether oxygens (including phenoxy) is 3. The van der Waals surface area contributed by atoms with E-state index in [2.05, 4.69) is 12.2 Å². The Morgan fingerprint density at radius 1 is 1.19 bits per heavy atom. The average Bonchev–Trinajstić information content (AvgIpc) is 2.69. The molecular weight excluding hydrogens is 348 g/mol. The largest absolute Gasteiger partial charge is 0.493 e. The topological polar surface area (TPSA) is 77.1 Å². The molecule has 7 heteroatoms. The molecule has 1 aliphatic rings. The molecule has 1 aromatic carbocycles. The van der Waals surface area contributed by atoms with Gasteiger partial charge in [0.05, 0.1) is 20.3 Å². The molecule has 0 saturated carbocycles. The summed E-state index contributed by atoms with van der Waals surface area (Å²) in [7, 11) is 1.56. The molecule has 1 aliphatic heterocycles. The predicted molar refractivity (Wildman–Crippen MR) is 102 cm³/mol. The maximum Gasteiger partial charge on any atom is 0.409 e. The highest BCUT2D eigenvalue weighted by atomic mass is 16.6. The first-order valence-corrected chi connectivity index (χ1v) is 9.62. The monoisotopic (exact) mass is 378 g/mol. The lowest BCUT2D eigenvalue weighted by molar-refractivity contribution is 0.0859. The van der Waals surface area contributed by atoms with Crippen molar-refractivity contribution in [1.29, 1.82) is 0 Å². The zero-order valence-electron chi connectivity index (χ0n) is 16.5. The smallest absolute Gasteiger partial charge is 0.409 e. The first-order valence-electron chi connectivity index (χ1n) is 9.62. The zero-order chi connectivity index (χ0) is 19.6. The fourth-order valence-electron chi connectivity index (χ4n) is 2.94. The van der Waals surface area contributed by atoms with Gasteiger partial charge in [0.25, 0.3) is 5.91 Å². The Hall–Kier alpha value is -2.44. The van der Waals surface area contributed by atoms with Crippen LogP contribution in [0.2, 0.25) is 0 Å². The van der Waals surface area contributed by atoms with Crippen LogP contribution >= 0.6 is 0 Å². The van der Waals surface area contributed by atoms with Crippen molar-refractivity contribution in [2.45, 2.75) is 45.6 Å². The molecule has 0 aromatic heterocycles. The van der Waals surface area contributed by atoms with Gasteiger partial charge in [-0.1, -0.05) is 13.3 Å². The predicted octanol–water partition coefficient (Wildman–Crippen LogP) is 3.22. The minimum atomic E-state index is -0.286. The van der Waals surface area contributed by atoms with E-state index in [9.17, 15) is 9.59 Å². The molecule has 7 nitrogen and oxygen atoms in total. The Bertz CT molecular complexity index is 627. The number of nitrogens with one attached hydrogen (secondary N) is 1. The average molecular weight is 378 g/mol. The van der Waals surface area contributed by atoms with Crippen molar-refractivity contribution in [2.24, 2.45) is 0 Å². The molecule has 0 atom stereocenters. The number of rotatable bonds is 8. The van der Waals surface area contributed by atoms with Crippen LogP contribution in [0.5, 0.6) is 11.5 Å². The normalized spacial score (nSPS) is 14.6. The van der Waals surface area contributed by atoms with E-state index in [1.165, 1.54) is 0 Å². The van der Waals surface area contributed by atoms with E-state index in [0.29, 0.717) is 56.2 Å². The molecule has 1 saturated heterocycles. The Morgan fingerprint density at radius 2 is 1.93 bits per heavy atom. The third-order valence-electron chi connectivity index (χ3n) is 4.54. The first kappa shape index (κ1) is 20.9. The summed E-state index contributed by atoms with van der Waals surface area (Å²) in [6, 6.07) is 5.25. The van der Waals surface area contributed by atoms with Gasteiger partial charge in [0, 0.05) is 24.7 Å². The van der Waals surface area contributed by atoms with Gasteiger partial charge in [0.2, 0.25) is 0 Å². The summed E-state index contributed by atoms with van der Waals surface area (Å²) >= 11 is 0. The molecule has 0 unspecified atom stereocenters. The van der Waals surface area contributed by atoms with Crippen molar-refractivity contribution in [1.82, 2.24) is 10.2 Å². The third-order valence-corrected chi connectivity index (χ3v) is 4.54. The lowest BCUT2D eigenvalue weighted by Gasteiger charge is -2.31.